The Kier molecular flexibility index (Phi) is 5.17. The second-order valence-electron chi connectivity index (χ2n) is 7.33. The molecule has 2 N–H and O–H groups in total. The van der Waals surface area contributed by atoms with Crippen LogP contribution in [0, 0.1) is 0 Å². The SMILES string of the molecule is C=CC1=C(n2c(N3CCNCC3)nc3c2c(=O)n(C)c(=O)n3CC(=O)O)CCC=C1. The molecule has 0 bridgehead atoms. The predicted molar refractivity (Wildman–Crippen MR) is 114 cm³/mol. The van der Waals surface area contributed by atoms with E-state index in [1.807, 2.05) is 12.2 Å². The van der Waals surface area contributed by atoms with Crippen LogP contribution < -0.4 is 21.5 Å². The second kappa shape index (κ2) is 7.79. The number of fused-ring (bicyclic) bond motifs is 1. The van der Waals surface area contributed by atoms with E-state index in [1.165, 1.54) is 7.05 Å². The van der Waals surface area contributed by atoms with Crippen LogP contribution in [0.15, 0.2) is 40.0 Å². The van der Waals surface area contributed by atoms with E-state index in [4.69, 9.17) is 0 Å². The van der Waals surface area contributed by atoms with Crippen LogP contribution in [0.2, 0.25) is 0 Å². The average molecular weight is 412 g/mol. The summed E-state index contributed by atoms with van der Waals surface area (Å²) in [6, 6.07) is 0. The van der Waals surface area contributed by atoms with Crippen LogP contribution >= 0.6 is 0 Å². The Labute approximate surface area is 172 Å². The molecule has 2 aromatic rings. The van der Waals surface area contributed by atoms with Gasteiger partial charge in [0.2, 0.25) is 5.95 Å². The highest BCUT2D eigenvalue weighted by Gasteiger charge is 2.27. The van der Waals surface area contributed by atoms with Crippen LogP contribution in [0.25, 0.3) is 16.9 Å². The number of imidazole rings is 1. The molecule has 2 aliphatic rings. The molecule has 0 aromatic carbocycles. The number of carboxylic acid groups (broad SMARTS) is 1. The predicted octanol–water partition coefficient (Wildman–Crippen LogP) is 0.138. The molecule has 10 nitrogen and oxygen atoms in total. The standard InChI is InChI=1S/C20H24N6O4/c1-3-13-6-4-5-7-14(13)26-16-17(22-19(26)24-10-8-21-9-11-24)25(12-15(27)28)20(30)23(2)18(16)29/h3-4,6,21H,1,5,7-12H2,2H3,(H,27,28). The summed E-state index contributed by atoms with van der Waals surface area (Å²) in [6.07, 6.45) is 7.20. The molecule has 158 valence electrons. The molecule has 1 saturated heterocycles. The van der Waals surface area contributed by atoms with Crippen molar-refractivity contribution in [1.29, 1.82) is 0 Å². The van der Waals surface area contributed by atoms with E-state index in [0.717, 1.165) is 39.9 Å². The molecular weight excluding hydrogens is 388 g/mol. The Hall–Kier alpha value is -3.40. The third kappa shape index (κ3) is 3.18. The summed E-state index contributed by atoms with van der Waals surface area (Å²) in [4.78, 5) is 44.0. The highest BCUT2D eigenvalue weighted by Crippen LogP contribution is 2.32. The van der Waals surface area contributed by atoms with Gasteiger partial charge in [-0.3, -0.25) is 23.3 Å². The number of rotatable bonds is 5. The van der Waals surface area contributed by atoms with Gasteiger partial charge in [-0.25, -0.2) is 4.79 Å². The lowest BCUT2D eigenvalue weighted by Crippen LogP contribution is -2.44. The fourth-order valence-electron chi connectivity index (χ4n) is 4.00. The van der Waals surface area contributed by atoms with E-state index in [2.05, 4.69) is 21.8 Å². The summed E-state index contributed by atoms with van der Waals surface area (Å²) >= 11 is 0. The molecule has 1 fully saturated rings. The first kappa shape index (κ1) is 19.9. The first-order valence-corrected chi connectivity index (χ1v) is 9.86. The summed E-state index contributed by atoms with van der Waals surface area (Å²) < 4.78 is 3.78. The zero-order valence-corrected chi connectivity index (χ0v) is 16.8. The fraction of sp³-hybridized carbons (Fsp3) is 0.400. The minimum absolute atomic E-state index is 0.0875. The number of nitrogens with zero attached hydrogens (tertiary/aromatic N) is 5. The molecule has 0 spiro atoms. The quantitative estimate of drug-likeness (QED) is 0.718. The highest BCUT2D eigenvalue weighted by atomic mass is 16.4. The lowest BCUT2D eigenvalue weighted by atomic mass is 10.0. The third-order valence-corrected chi connectivity index (χ3v) is 5.48. The molecule has 0 amide bonds. The Morgan fingerprint density at radius 2 is 2.07 bits per heavy atom. The van der Waals surface area contributed by atoms with Gasteiger partial charge in [-0.1, -0.05) is 24.8 Å². The molecule has 1 aliphatic carbocycles. The van der Waals surface area contributed by atoms with Crippen molar-refractivity contribution in [2.24, 2.45) is 7.05 Å². The Morgan fingerprint density at radius 3 is 2.73 bits per heavy atom. The van der Waals surface area contributed by atoms with Crippen LogP contribution in [0.1, 0.15) is 12.8 Å². The summed E-state index contributed by atoms with van der Waals surface area (Å²) in [5.74, 6) is -0.639. The lowest BCUT2D eigenvalue weighted by Gasteiger charge is -2.30. The molecule has 2 aromatic heterocycles. The summed E-state index contributed by atoms with van der Waals surface area (Å²) in [5, 5.41) is 12.6. The van der Waals surface area contributed by atoms with E-state index in [9.17, 15) is 19.5 Å². The number of hydrogen-bond acceptors (Lipinski definition) is 6. The number of allylic oxidation sites excluding steroid dienone is 5. The van der Waals surface area contributed by atoms with Crippen molar-refractivity contribution in [2.45, 2.75) is 19.4 Å². The number of carbonyl (C=O) groups is 1. The molecule has 4 rings (SSSR count). The van der Waals surface area contributed by atoms with Crippen molar-refractivity contribution in [3.05, 3.63) is 51.2 Å². The molecule has 1 aliphatic heterocycles. The van der Waals surface area contributed by atoms with Crippen molar-refractivity contribution >= 4 is 28.8 Å². The number of hydrogen-bond donors (Lipinski definition) is 2. The van der Waals surface area contributed by atoms with Crippen LogP contribution in [0.4, 0.5) is 5.95 Å². The van der Waals surface area contributed by atoms with E-state index in [1.54, 1.807) is 10.6 Å². The minimum atomic E-state index is -1.18. The number of piperazine rings is 1. The Balaban J connectivity index is 2.13. The molecular formula is C20H24N6O4. The van der Waals surface area contributed by atoms with Gasteiger partial charge in [-0.05, 0) is 18.4 Å². The molecule has 3 heterocycles. The molecule has 0 unspecified atom stereocenters. The molecule has 0 saturated carbocycles. The van der Waals surface area contributed by atoms with Gasteiger partial charge in [0.1, 0.15) is 6.54 Å². The third-order valence-electron chi connectivity index (χ3n) is 5.48. The maximum atomic E-state index is 13.2. The van der Waals surface area contributed by atoms with E-state index in [-0.39, 0.29) is 11.2 Å². The number of carboxylic acids is 1. The zero-order chi connectivity index (χ0) is 21.4. The zero-order valence-electron chi connectivity index (χ0n) is 16.8. The van der Waals surface area contributed by atoms with Gasteiger partial charge in [-0.15, -0.1) is 0 Å². The smallest absolute Gasteiger partial charge is 0.333 e. The van der Waals surface area contributed by atoms with Crippen molar-refractivity contribution in [3.63, 3.8) is 0 Å². The Morgan fingerprint density at radius 1 is 1.33 bits per heavy atom. The summed E-state index contributed by atoms with van der Waals surface area (Å²) in [7, 11) is 1.36. The van der Waals surface area contributed by atoms with Crippen molar-refractivity contribution in [3.8, 4) is 0 Å². The summed E-state index contributed by atoms with van der Waals surface area (Å²) in [6.45, 7) is 6.20. The average Bonchev–Trinajstić information content (AvgIpc) is 3.16. The maximum Gasteiger partial charge on any atom is 0.333 e. The van der Waals surface area contributed by atoms with E-state index in [0.29, 0.717) is 25.5 Å². The highest BCUT2D eigenvalue weighted by molar-refractivity contribution is 5.83. The minimum Gasteiger partial charge on any atom is -0.480 e. The van der Waals surface area contributed by atoms with Gasteiger partial charge < -0.3 is 15.3 Å². The van der Waals surface area contributed by atoms with Crippen LogP contribution in [0.5, 0.6) is 0 Å². The first-order chi connectivity index (χ1) is 14.4. The number of aromatic nitrogens is 4. The first-order valence-electron chi connectivity index (χ1n) is 9.86. The number of aliphatic carboxylic acids is 1. The van der Waals surface area contributed by atoms with Crippen LogP contribution in [-0.4, -0.2) is 55.9 Å². The molecule has 30 heavy (non-hydrogen) atoms. The van der Waals surface area contributed by atoms with Gasteiger partial charge in [0.15, 0.2) is 11.2 Å². The number of nitrogens with one attached hydrogen (secondary N) is 1. The molecule has 0 atom stereocenters. The van der Waals surface area contributed by atoms with Crippen LogP contribution in [-0.2, 0) is 18.4 Å². The van der Waals surface area contributed by atoms with Gasteiger partial charge in [0.05, 0.1) is 0 Å². The largest absolute Gasteiger partial charge is 0.480 e. The van der Waals surface area contributed by atoms with Gasteiger partial charge in [-0.2, -0.15) is 4.98 Å². The van der Waals surface area contributed by atoms with E-state index < -0.39 is 23.8 Å². The van der Waals surface area contributed by atoms with Crippen molar-refractivity contribution in [1.82, 2.24) is 24.0 Å². The van der Waals surface area contributed by atoms with E-state index >= 15 is 0 Å². The second-order valence-corrected chi connectivity index (χ2v) is 7.33. The Bertz CT molecular complexity index is 1210. The topological polar surface area (TPSA) is 114 Å². The normalized spacial score (nSPS) is 17.0. The maximum absolute atomic E-state index is 13.2. The molecule has 10 heteroatoms. The lowest BCUT2D eigenvalue weighted by molar-refractivity contribution is -0.137. The molecule has 0 radical (unpaired) electrons. The fourth-order valence-corrected chi connectivity index (χ4v) is 4.00. The van der Waals surface area contributed by atoms with Crippen LogP contribution in [0.3, 0.4) is 0 Å². The van der Waals surface area contributed by atoms with Crippen molar-refractivity contribution < 1.29 is 9.90 Å². The number of anilines is 1. The van der Waals surface area contributed by atoms with Gasteiger partial charge in [0, 0.05) is 38.9 Å². The van der Waals surface area contributed by atoms with Crippen molar-refractivity contribution in [2.75, 3.05) is 31.1 Å². The van der Waals surface area contributed by atoms with Gasteiger partial charge in [0.25, 0.3) is 5.56 Å². The summed E-state index contributed by atoms with van der Waals surface area (Å²) in [5.41, 5.74) is 0.820. The van der Waals surface area contributed by atoms with Gasteiger partial charge >= 0.3 is 11.7 Å². The monoisotopic (exact) mass is 412 g/mol.